The summed E-state index contributed by atoms with van der Waals surface area (Å²) in [5.74, 6) is 3.49. The van der Waals surface area contributed by atoms with Crippen molar-refractivity contribution in [2.75, 3.05) is 0 Å². The van der Waals surface area contributed by atoms with Crippen LogP contribution in [0.3, 0.4) is 0 Å². The first-order valence-corrected chi connectivity index (χ1v) is 14.6. The van der Waals surface area contributed by atoms with Crippen molar-refractivity contribution in [2.45, 2.75) is 132 Å². The van der Waals surface area contributed by atoms with Crippen LogP contribution in [0.4, 0.5) is 0 Å². The van der Waals surface area contributed by atoms with Gasteiger partial charge in [0.1, 0.15) is 12.4 Å². The Labute approximate surface area is 209 Å². The monoisotopic (exact) mass is 472 g/mol. The molecular formula is C31H52O3. The second-order valence-corrected chi connectivity index (χ2v) is 14.1. The second-order valence-electron chi connectivity index (χ2n) is 14.1. The minimum Gasteiger partial charge on any atom is -0.462 e. The minimum atomic E-state index is -0.125. The number of rotatable bonds is 2. The predicted octanol–water partition coefficient (Wildman–Crippen LogP) is 8.00. The van der Waals surface area contributed by atoms with Gasteiger partial charge in [0, 0.05) is 17.8 Å². The third-order valence-electron chi connectivity index (χ3n) is 12.1. The molecule has 0 aliphatic heterocycles. The lowest BCUT2D eigenvalue weighted by Gasteiger charge is -2.69. The molecule has 0 amide bonds. The molecule has 34 heavy (non-hydrogen) atoms. The summed E-state index contributed by atoms with van der Waals surface area (Å²) in [4.78, 5) is 24.0. The summed E-state index contributed by atoms with van der Waals surface area (Å²) in [6.07, 6.45) is 16.3. The van der Waals surface area contributed by atoms with Crippen molar-refractivity contribution in [3.8, 4) is 0 Å². The van der Waals surface area contributed by atoms with Crippen molar-refractivity contribution in [3.63, 3.8) is 0 Å². The van der Waals surface area contributed by atoms with Gasteiger partial charge in [0.2, 0.25) is 0 Å². The van der Waals surface area contributed by atoms with Gasteiger partial charge in [0.05, 0.1) is 0 Å². The van der Waals surface area contributed by atoms with Crippen molar-refractivity contribution in [1.82, 2.24) is 0 Å². The molecule has 9 unspecified atom stereocenters. The van der Waals surface area contributed by atoms with Crippen LogP contribution >= 0.6 is 0 Å². The van der Waals surface area contributed by atoms with Crippen LogP contribution in [-0.2, 0) is 14.3 Å². The van der Waals surface area contributed by atoms with E-state index in [1.807, 2.05) is 0 Å². The molecule has 3 nitrogen and oxygen atoms in total. The van der Waals surface area contributed by atoms with Crippen LogP contribution in [0.5, 0.6) is 0 Å². The van der Waals surface area contributed by atoms with E-state index in [0.29, 0.717) is 22.7 Å². The van der Waals surface area contributed by atoms with Crippen LogP contribution in [0.25, 0.3) is 0 Å². The Bertz CT molecular complexity index is 773. The summed E-state index contributed by atoms with van der Waals surface area (Å²) in [5, 5.41) is 0. The average molecular weight is 473 g/mol. The minimum absolute atomic E-state index is 0.0234. The van der Waals surface area contributed by atoms with E-state index >= 15 is 0 Å². The van der Waals surface area contributed by atoms with Crippen LogP contribution in [0, 0.1) is 51.2 Å². The zero-order valence-electron chi connectivity index (χ0n) is 23.3. The Hall–Kier alpha value is -0.860. The first kappa shape index (κ1) is 26.2. The van der Waals surface area contributed by atoms with Gasteiger partial charge in [-0.15, -0.1) is 0 Å². The van der Waals surface area contributed by atoms with Gasteiger partial charge in [0.15, 0.2) is 0 Å². The lowest BCUT2D eigenvalue weighted by molar-refractivity contribution is -0.220. The van der Waals surface area contributed by atoms with Crippen molar-refractivity contribution in [1.29, 1.82) is 0 Å². The van der Waals surface area contributed by atoms with E-state index in [1.54, 1.807) is 6.92 Å². The maximum Gasteiger partial charge on any atom is 0.302 e. The first-order chi connectivity index (χ1) is 16.0. The molecular weight excluding hydrogens is 420 g/mol. The Balaban J connectivity index is 0.000000868. The Morgan fingerprint density at radius 3 is 2.15 bits per heavy atom. The third kappa shape index (κ3) is 3.81. The SMILES string of the molecule is CC(=O)OC1CCC2(C)C(CCC3(C)C4CCC5(C=O)CCCC5C4CCC32)C1(C)C.CCC. The smallest absolute Gasteiger partial charge is 0.302 e. The fourth-order valence-corrected chi connectivity index (χ4v) is 10.9. The molecule has 0 radical (unpaired) electrons. The van der Waals surface area contributed by atoms with E-state index in [4.69, 9.17) is 4.74 Å². The van der Waals surface area contributed by atoms with Crippen LogP contribution in [0.2, 0.25) is 0 Å². The van der Waals surface area contributed by atoms with Gasteiger partial charge in [-0.2, -0.15) is 0 Å². The highest BCUT2D eigenvalue weighted by Crippen LogP contribution is 2.72. The number of esters is 1. The van der Waals surface area contributed by atoms with Gasteiger partial charge in [-0.1, -0.05) is 54.4 Å². The summed E-state index contributed by atoms with van der Waals surface area (Å²) < 4.78 is 5.85. The molecule has 0 spiro atoms. The van der Waals surface area contributed by atoms with Crippen molar-refractivity contribution < 1.29 is 14.3 Å². The number of hydrogen-bond acceptors (Lipinski definition) is 3. The zero-order valence-corrected chi connectivity index (χ0v) is 23.3. The highest BCUT2D eigenvalue weighted by molar-refractivity contribution is 5.66. The maximum atomic E-state index is 12.2. The molecule has 0 aromatic heterocycles. The van der Waals surface area contributed by atoms with E-state index in [-0.39, 0.29) is 22.9 Å². The summed E-state index contributed by atoms with van der Waals surface area (Å²) >= 11 is 0. The van der Waals surface area contributed by atoms with E-state index in [0.717, 1.165) is 37.0 Å². The zero-order chi connectivity index (χ0) is 24.9. The predicted molar refractivity (Wildman–Crippen MR) is 138 cm³/mol. The number of carbonyl (C=O) groups excluding carboxylic acids is 2. The molecule has 3 heteroatoms. The van der Waals surface area contributed by atoms with E-state index in [2.05, 4.69) is 41.5 Å². The number of fused-ring (bicyclic) bond motifs is 7. The maximum absolute atomic E-state index is 12.2. The Kier molecular flexibility index (Phi) is 7.11. The molecule has 0 heterocycles. The van der Waals surface area contributed by atoms with Gasteiger partial charge < -0.3 is 9.53 Å². The molecule has 0 N–H and O–H groups in total. The van der Waals surface area contributed by atoms with E-state index in [1.165, 1.54) is 64.1 Å². The van der Waals surface area contributed by atoms with Gasteiger partial charge in [-0.25, -0.2) is 0 Å². The van der Waals surface area contributed by atoms with Gasteiger partial charge in [0.25, 0.3) is 0 Å². The lowest BCUT2D eigenvalue weighted by atomic mass is 9.36. The molecule has 5 aliphatic carbocycles. The van der Waals surface area contributed by atoms with Crippen molar-refractivity contribution in [3.05, 3.63) is 0 Å². The second kappa shape index (κ2) is 9.22. The number of aldehydes is 1. The van der Waals surface area contributed by atoms with Gasteiger partial charge in [-0.05, 0) is 105 Å². The standard InChI is InChI=1S/C28H44O3.C3H8/c1-18(30)31-24-12-15-27(5)22(25(24,2)3)11-14-26(4)20-10-16-28(17-29)13-6-7-21(28)19(20)8-9-23(26)27;1-3-2/h17,19-24H,6-16H2,1-5H3;3H2,1-2H3. The summed E-state index contributed by atoms with van der Waals surface area (Å²) in [6.45, 7) is 15.8. The fourth-order valence-electron chi connectivity index (χ4n) is 10.9. The topological polar surface area (TPSA) is 43.4 Å². The molecule has 5 aliphatic rings. The number of ether oxygens (including phenoxy) is 1. The third-order valence-corrected chi connectivity index (χ3v) is 12.1. The van der Waals surface area contributed by atoms with Gasteiger partial charge in [-0.3, -0.25) is 4.79 Å². The normalized spacial score (nSPS) is 48.7. The Morgan fingerprint density at radius 2 is 1.50 bits per heavy atom. The molecule has 0 saturated heterocycles. The molecule has 0 aromatic rings. The van der Waals surface area contributed by atoms with E-state index in [9.17, 15) is 9.59 Å². The van der Waals surface area contributed by atoms with Crippen LogP contribution in [0.1, 0.15) is 126 Å². The highest BCUT2D eigenvalue weighted by Gasteiger charge is 2.66. The number of hydrogen-bond donors (Lipinski definition) is 0. The largest absolute Gasteiger partial charge is 0.462 e. The van der Waals surface area contributed by atoms with Crippen molar-refractivity contribution >= 4 is 12.3 Å². The number of carbonyl (C=O) groups is 2. The fraction of sp³-hybridized carbons (Fsp3) is 0.935. The van der Waals surface area contributed by atoms with E-state index < -0.39 is 0 Å². The first-order valence-electron chi connectivity index (χ1n) is 14.6. The van der Waals surface area contributed by atoms with Gasteiger partial charge >= 0.3 is 5.97 Å². The average Bonchev–Trinajstić information content (AvgIpc) is 3.21. The summed E-state index contributed by atoms with van der Waals surface area (Å²) in [6, 6.07) is 0. The van der Waals surface area contributed by atoms with Crippen molar-refractivity contribution in [2.24, 2.45) is 51.2 Å². The summed E-state index contributed by atoms with van der Waals surface area (Å²) in [5.41, 5.74) is 0.820. The Morgan fingerprint density at radius 1 is 0.824 bits per heavy atom. The highest BCUT2D eigenvalue weighted by atomic mass is 16.5. The molecule has 0 bridgehead atoms. The van der Waals surface area contributed by atoms with Crippen LogP contribution < -0.4 is 0 Å². The molecule has 9 atom stereocenters. The molecule has 0 aromatic carbocycles. The summed E-state index contributed by atoms with van der Waals surface area (Å²) in [7, 11) is 0. The lowest BCUT2D eigenvalue weighted by Crippen LogP contribution is -2.63. The quantitative estimate of drug-likeness (QED) is 0.302. The van der Waals surface area contributed by atoms with Crippen LogP contribution in [0.15, 0.2) is 0 Å². The molecule has 5 rings (SSSR count). The van der Waals surface area contributed by atoms with Crippen LogP contribution in [-0.4, -0.2) is 18.4 Å². The molecule has 5 saturated carbocycles. The molecule has 194 valence electrons. The molecule has 5 fully saturated rings.